The lowest BCUT2D eigenvalue weighted by Gasteiger charge is -2.25. The predicted octanol–water partition coefficient (Wildman–Crippen LogP) is 4.43. The Balaban J connectivity index is 1.52. The molecule has 6 nitrogen and oxygen atoms in total. The number of thioether (sulfide) groups is 1. The van der Waals surface area contributed by atoms with E-state index in [4.69, 9.17) is 0 Å². The van der Waals surface area contributed by atoms with Gasteiger partial charge in [0.05, 0.1) is 11.4 Å². The lowest BCUT2D eigenvalue weighted by atomic mass is 10.1. The highest BCUT2D eigenvalue weighted by Gasteiger charge is 2.40. The summed E-state index contributed by atoms with van der Waals surface area (Å²) in [6.07, 6.45) is 1.58. The molecule has 7 heteroatoms. The van der Waals surface area contributed by atoms with Gasteiger partial charge in [0, 0.05) is 11.3 Å². The van der Waals surface area contributed by atoms with E-state index < -0.39 is 0 Å². The third-order valence-corrected chi connectivity index (χ3v) is 6.17. The van der Waals surface area contributed by atoms with E-state index in [2.05, 4.69) is 15.3 Å². The van der Waals surface area contributed by atoms with Crippen LogP contribution in [0.25, 0.3) is 0 Å². The topological polar surface area (TPSA) is 74.1 Å². The first-order valence-electron chi connectivity index (χ1n) is 10.1. The SMILES string of the molecule is CCC[C@@H]1N=C2c3ccccc3N=C(SCC(=O)Nc3ccc(C)c(C)c3)N2C1=O. The van der Waals surface area contributed by atoms with E-state index >= 15 is 0 Å². The summed E-state index contributed by atoms with van der Waals surface area (Å²) in [5.41, 5.74) is 4.70. The fourth-order valence-electron chi connectivity index (χ4n) is 3.51. The molecule has 4 rings (SSSR count). The summed E-state index contributed by atoms with van der Waals surface area (Å²) < 4.78 is 0. The molecule has 2 aliphatic rings. The quantitative estimate of drug-likeness (QED) is 0.777. The second-order valence-corrected chi connectivity index (χ2v) is 8.42. The van der Waals surface area contributed by atoms with Crippen LogP contribution in [0, 0.1) is 13.8 Å². The molecule has 154 valence electrons. The Hall–Kier alpha value is -2.93. The van der Waals surface area contributed by atoms with Crippen molar-refractivity contribution in [2.45, 2.75) is 39.7 Å². The van der Waals surface area contributed by atoms with Crippen LogP contribution in [0.1, 0.15) is 36.5 Å². The van der Waals surface area contributed by atoms with Gasteiger partial charge in [-0.15, -0.1) is 0 Å². The van der Waals surface area contributed by atoms with E-state index in [9.17, 15) is 9.59 Å². The Labute approximate surface area is 180 Å². The Morgan fingerprint density at radius 2 is 1.97 bits per heavy atom. The van der Waals surface area contributed by atoms with Gasteiger partial charge in [-0.1, -0.05) is 43.3 Å². The molecule has 0 aromatic heterocycles. The van der Waals surface area contributed by atoms with Gasteiger partial charge >= 0.3 is 0 Å². The van der Waals surface area contributed by atoms with Crippen molar-refractivity contribution in [3.05, 3.63) is 59.2 Å². The van der Waals surface area contributed by atoms with E-state index in [0.717, 1.165) is 28.9 Å². The van der Waals surface area contributed by atoms with E-state index in [-0.39, 0.29) is 23.6 Å². The number of carbonyl (C=O) groups excluding carboxylic acids is 2. The Morgan fingerprint density at radius 1 is 1.17 bits per heavy atom. The zero-order chi connectivity index (χ0) is 21.3. The van der Waals surface area contributed by atoms with Crippen molar-refractivity contribution < 1.29 is 9.59 Å². The number of rotatable bonds is 5. The highest BCUT2D eigenvalue weighted by molar-refractivity contribution is 8.14. The number of para-hydroxylation sites is 1. The first kappa shape index (κ1) is 20.3. The number of amidine groups is 2. The highest BCUT2D eigenvalue weighted by Crippen LogP contribution is 2.34. The number of hydrogen-bond acceptors (Lipinski definition) is 5. The van der Waals surface area contributed by atoms with Crippen LogP contribution in [0.4, 0.5) is 11.4 Å². The monoisotopic (exact) mass is 420 g/mol. The molecule has 2 aromatic carbocycles. The molecule has 0 radical (unpaired) electrons. The number of benzene rings is 2. The molecule has 0 unspecified atom stereocenters. The second-order valence-electron chi connectivity index (χ2n) is 7.48. The number of carbonyl (C=O) groups is 2. The van der Waals surface area contributed by atoms with Crippen LogP contribution in [-0.4, -0.2) is 39.5 Å². The van der Waals surface area contributed by atoms with Gasteiger partial charge in [0.2, 0.25) is 5.91 Å². The minimum atomic E-state index is -0.383. The highest BCUT2D eigenvalue weighted by atomic mass is 32.2. The normalized spacial score (nSPS) is 17.2. The van der Waals surface area contributed by atoms with Gasteiger partial charge in [-0.25, -0.2) is 9.89 Å². The molecule has 0 bridgehead atoms. The van der Waals surface area contributed by atoms with Crippen LogP contribution < -0.4 is 5.32 Å². The number of nitrogens with one attached hydrogen (secondary N) is 1. The molecule has 2 aromatic rings. The Kier molecular flexibility index (Phi) is 5.72. The summed E-state index contributed by atoms with van der Waals surface area (Å²) in [4.78, 5) is 36.4. The van der Waals surface area contributed by atoms with E-state index in [1.165, 1.54) is 17.3 Å². The van der Waals surface area contributed by atoms with Gasteiger partial charge < -0.3 is 5.32 Å². The molecule has 1 N–H and O–H groups in total. The van der Waals surface area contributed by atoms with E-state index in [1.807, 2.05) is 63.2 Å². The minimum Gasteiger partial charge on any atom is -0.325 e. The summed E-state index contributed by atoms with van der Waals surface area (Å²) >= 11 is 1.26. The number of fused-ring (bicyclic) bond motifs is 3. The molecule has 0 saturated carbocycles. The number of anilines is 1. The van der Waals surface area contributed by atoms with Gasteiger partial charge in [-0.05, 0) is 55.7 Å². The molecule has 30 heavy (non-hydrogen) atoms. The number of hydrogen-bond donors (Lipinski definition) is 1. The number of aliphatic imine (C=N–C) groups is 2. The molecule has 2 amide bonds. The summed E-state index contributed by atoms with van der Waals surface area (Å²) in [5.74, 6) is 0.590. The Morgan fingerprint density at radius 3 is 2.73 bits per heavy atom. The first-order valence-corrected chi connectivity index (χ1v) is 11.1. The third kappa shape index (κ3) is 3.89. The summed E-state index contributed by atoms with van der Waals surface area (Å²) in [5, 5.41) is 3.43. The number of nitrogens with zero attached hydrogens (tertiary/aromatic N) is 3. The van der Waals surface area contributed by atoms with Crippen molar-refractivity contribution in [1.29, 1.82) is 0 Å². The van der Waals surface area contributed by atoms with Gasteiger partial charge in [0.25, 0.3) is 5.91 Å². The third-order valence-electron chi connectivity index (χ3n) is 5.23. The predicted molar refractivity (Wildman–Crippen MR) is 123 cm³/mol. The van der Waals surface area contributed by atoms with Crippen LogP contribution in [0.2, 0.25) is 0 Å². The molecule has 1 atom stereocenters. The average Bonchev–Trinajstić information content (AvgIpc) is 3.06. The van der Waals surface area contributed by atoms with Crippen LogP contribution in [-0.2, 0) is 9.59 Å². The zero-order valence-corrected chi connectivity index (χ0v) is 18.1. The molecule has 0 aliphatic carbocycles. The fraction of sp³-hybridized carbons (Fsp3) is 0.304. The van der Waals surface area contributed by atoms with Crippen LogP contribution in [0.5, 0.6) is 0 Å². The molecule has 2 aliphatic heterocycles. The van der Waals surface area contributed by atoms with Crippen LogP contribution in [0.15, 0.2) is 52.4 Å². The fourth-order valence-corrected chi connectivity index (χ4v) is 4.31. The molecule has 0 spiro atoms. The lowest BCUT2D eigenvalue weighted by molar-refractivity contribution is -0.124. The van der Waals surface area contributed by atoms with Crippen molar-refractivity contribution in [2.75, 3.05) is 11.1 Å². The lowest BCUT2D eigenvalue weighted by Crippen LogP contribution is -2.41. The minimum absolute atomic E-state index is 0.0674. The van der Waals surface area contributed by atoms with Crippen LogP contribution >= 0.6 is 11.8 Å². The maximum absolute atomic E-state index is 13.0. The first-order chi connectivity index (χ1) is 14.5. The molecular weight excluding hydrogens is 396 g/mol. The average molecular weight is 421 g/mol. The largest absolute Gasteiger partial charge is 0.325 e. The summed E-state index contributed by atoms with van der Waals surface area (Å²) in [6, 6.07) is 13.1. The smallest absolute Gasteiger partial charge is 0.259 e. The number of amides is 2. The zero-order valence-electron chi connectivity index (χ0n) is 17.3. The van der Waals surface area contributed by atoms with Gasteiger partial charge in [-0.2, -0.15) is 0 Å². The van der Waals surface area contributed by atoms with Crippen molar-refractivity contribution >= 4 is 46.0 Å². The molecule has 0 saturated heterocycles. The van der Waals surface area contributed by atoms with Crippen molar-refractivity contribution in [1.82, 2.24) is 4.90 Å². The van der Waals surface area contributed by atoms with Crippen LogP contribution in [0.3, 0.4) is 0 Å². The van der Waals surface area contributed by atoms with Crippen molar-refractivity contribution in [3.63, 3.8) is 0 Å². The Bertz CT molecular complexity index is 1080. The maximum atomic E-state index is 13.0. The second kappa shape index (κ2) is 8.44. The maximum Gasteiger partial charge on any atom is 0.259 e. The van der Waals surface area contributed by atoms with Crippen molar-refractivity contribution in [2.24, 2.45) is 9.98 Å². The van der Waals surface area contributed by atoms with E-state index in [1.54, 1.807) is 4.90 Å². The number of aryl methyl sites for hydroxylation is 2. The summed E-state index contributed by atoms with van der Waals surface area (Å²) in [7, 11) is 0. The summed E-state index contributed by atoms with van der Waals surface area (Å²) in [6.45, 7) is 6.09. The standard InChI is InChI=1S/C23H24N4O2S/c1-4-7-19-22(29)27-21(25-19)17-8-5-6-9-18(17)26-23(27)30-13-20(28)24-16-11-10-14(2)15(3)12-16/h5-6,8-12,19H,4,7,13H2,1-3H3,(H,24,28)/t19-/m0/s1. The van der Waals surface area contributed by atoms with Gasteiger partial charge in [0.1, 0.15) is 11.9 Å². The molecule has 0 fully saturated rings. The molecular formula is C23H24N4O2S. The van der Waals surface area contributed by atoms with Gasteiger partial charge in [0.15, 0.2) is 5.17 Å². The van der Waals surface area contributed by atoms with E-state index in [0.29, 0.717) is 17.4 Å². The van der Waals surface area contributed by atoms with Crippen molar-refractivity contribution in [3.8, 4) is 0 Å². The van der Waals surface area contributed by atoms with Gasteiger partial charge in [-0.3, -0.25) is 14.6 Å². The molecule has 2 heterocycles.